The summed E-state index contributed by atoms with van der Waals surface area (Å²) in [7, 11) is 0. The van der Waals surface area contributed by atoms with Crippen LogP contribution in [0.1, 0.15) is 43.9 Å². The van der Waals surface area contributed by atoms with Crippen molar-refractivity contribution in [1.29, 1.82) is 0 Å². The molecule has 0 radical (unpaired) electrons. The number of rotatable bonds is 7. The third kappa shape index (κ3) is 5.66. The van der Waals surface area contributed by atoms with E-state index in [1.54, 1.807) is 6.20 Å². The lowest BCUT2D eigenvalue weighted by Gasteiger charge is -2.06. The maximum Gasteiger partial charge on any atom is 0.188 e. The van der Waals surface area contributed by atoms with Gasteiger partial charge >= 0.3 is 0 Å². The van der Waals surface area contributed by atoms with Gasteiger partial charge in [0.2, 0.25) is 0 Å². The Labute approximate surface area is 110 Å². The third-order valence-corrected chi connectivity index (χ3v) is 2.85. The summed E-state index contributed by atoms with van der Waals surface area (Å²) in [6, 6.07) is 3.96. The van der Waals surface area contributed by atoms with Crippen LogP contribution >= 0.6 is 0 Å². The number of hydrogen-bond donors (Lipinski definition) is 2. The van der Waals surface area contributed by atoms with Crippen molar-refractivity contribution in [3.05, 3.63) is 29.6 Å². The van der Waals surface area contributed by atoms with Crippen LogP contribution in [0, 0.1) is 6.92 Å². The molecule has 0 spiro atoms. The summed E-state index contributed by atoms with van der Waals surface area (Å²) in [6.45, 7) is 5.68. The van der Waals surface area contributed by atoms with Crippen LogP contribution < -0.4 is 11.1 Å². The molecule has 0 aliphatic rings. The van der Waals surface area contributed by atoms with Gasteiger partial charge in [-0.2, -0.15) is 0 Å². The summed E-state index contributed by atoms with van der Waals surface area (Å²) in [5, 5.41) is 3.13. The standard InChI is InChI=1S/C14H24N4/c1-3-4-5-6-9-17-14(15)18-11-13-12(2)8-7-10-16-13/h7-8,10H,3-6,9,11H2,1-2H3,(H3,15,17,18). The Kier molecular flexibility index (Phi) is 6.84. The predicted molar refractivity (Wildman–Crippen MR) is 76.4 cm³/mol. The number of aryl methyl sites for hydroxylation is 1. The fraction of sp³-hybridized carbons (Fsp3) is 0.571. The van der Waals surface area contributed by atoms with E-state index in [1.165, 1.54) is 19.3 Å². The maximum atomic E-state index is 5.80. The molecule has 0 fully saturated rings. The van der Waals surface area contributed by atoms with Gasteiger partial charge in [-0.1, -0.05) is 32.3 Å². The molecule has 100 valence electrons. The first-order valence-electron chi connectivity index (χ1n) is 6.68. The Hall–Kier alpha value is -1.58. The third-order valence-electron chi connectivity index (χ3n) is 2.85. The number of aromatic nitrogens is 1. The largest absolute Gasteiger partial charge is 0.370 e. The van der Waals surface area contributed by atoms with Gasteiger partial charge in [0.1, 0.15) is 0 Å². The van der Waals surface area contributed by atoms with Gasteiger partial charge in [-0.25, -0.2) is 4.99 Å². The monoisotopic (exact) mass is 248 g/mol. The zero-order valence-corrected chi connectivity index (χ0v) is 11.4. The van der Waals surface area contributed by atoms with Crippen molar-refractivity contribution in [2.45, 2.75) is 46.1 Å². The number of nitrogens with two attached hydrogens (primary N) is 1. The highest BCUT2D eigenvalue weighted by Gasteiger charge is 1.97. The molecular formula is C14H24N4. The van der Waals surface area contributed by atoms with Crippen LogP contribution in [0.4, 0.5) is 0 Å². The average molecular weight is 248 g/mol. The summed E-state index contributed by atoms with van der Waals surface area (Å²) in [5.41, 5.74) is 7.93. The Morgan fingerprint density at radius 2 is 2.22 bits per heavy atom. The highest BCUT2D eigenvalue weighted by atomic mass is 15.1. The van der Waals surface area contributed by atoms with Crippen LogP contribution in [0.15, 0.2) is 23.3 Å². The number of aliphatic imine (C=N–C) groups is 1. The lowest BCUT2D eigenvalue weighted by molar-refractivity contribution is 0.652. The minimum atomic E-state index is 0.511. The lowest BCUT2D eigenvalue weighted by atomic mass is 10.2. The van der Waals surface area contributed by atoms with Crippen molar-refractivity contribution in [3.8, 4) is 0 Å². The van der Waals surface area contributed by atoms with E-state index in [-0.39, 0.29) is 0 Å². The van der Waals surface area contributed by atoms with Crippen molar-refractivity contribution in [2.75, 3.05) is 6.54 Å². The summed E-state index contributed by atoms with van der Waals surface area (Å²) < 4.78 is 0. The molecule has 18 heavy (non-hydrogen) atoms. The number of pyridine rings is 1. The van der Waals surface area contributed by atoms with E-state index in [4.69, 9.17) is 5.73 Å². The van der Waals surface area contributed by atoms with Crippen molar-refractivity contribution in [2.24, 2.45) is 10.7 Å². The van der Waals surface area contributed by atoms with E-state index >= 15 is 0 Å². The number of guanidine groups is 1. The van der Waals surface area contributed by atoms with Crippen molar-refractivity contribution in [1.82, 2.24) is 10.3 Å². The van der Waals surface area contributed by atoms with E-state index in [2.05, 4.69) is 22.2 Å². The second-order valence-electron chi connectivity index (χ2n) is 4.46. The summed E-state index contributed by atoms with van der Waals surface area (Å²) in [5.74, 6) is 0.511. The first-order chi connectivity index (χ1) is 8.74. The van der Waals surface area contributed by atoms with Gasteiger partial charge in [-0.05, 0) is 25.0 Å². The number of nitrogens with zero attached hydrogens (tertiary/aromatic N) is 2. The maximum absolute atomic E-state index is 5.80. The minimum absolute atomic E-state index is 0.511. The highest BCUT2D eigenvalue weighted by Crippen LogP contribution is 2.04. The van der Waals surface area contributed by atoms with E-state index in [0.29, 0.717) is 12.5 Å². The van der Waals surface area contributed by atoms with Crippen LogP contribution in [0.3, 0.4) is 0 Å². The molecule has 4 heteroatoms. The second-order valence-corrected chi connectivity index (χ2v) is 4.46. The first kappa shape index (κ1) is 14.5. The molecule has 0 aliphatic carbocycles. The Morgan fingerprint density at radius 1 is 1.39 bits per heavy atom. The van der Waals surface area contributed by atoms with E-state index in [9.17, 15) is 0 Å². The van der Waals surface area contributed by atoms with Crippen LogP contribution in [0.5, 0.6) is 0 Å². The van der Waals surface area contributed by atoms with Crippen LogP contribution in [0.25, 0.3) is 0 Å². The molecule has 1 heterocycles. The molecule has 0 atom stereocenters. The molecule has 4 nitrogen and oxygen atoms in total. The number of unbranched alkanes of at least 4 members (excludes halogenated alkanes) is 3. The molecule has 0 aliphatic heterocycles. The highest BCUT2D eigenvalue weighted by molar-refractivity contribution is 5.77. The molecule has 0 aromatic carbocycles. The lowest BCUT2D eigenvalue weighted by Crippen LogP contribution is -2.32. The van der Waals surface area contributed by atoms with Gasteiger partial charge < -0.3 is 11.1 Å². The molecule has 0 unspecified atom stereocenters. The fourth-order valence-corrected chi connectivity index (χ4v) is 1.67. The van der Waals surface area contributed by atoms with E-state index in [1.807, 2.05) is 19.1 Å². The second kappa shape index (κ2) is 8.50. The van der Waals surface area contributed by atoms with E-state index < -0.39 is 0 Å². The Balaban J connectivity index is 2.27. The topological polar surface area (TPSA) is 63.3 Å². The van der Waals surface area contributed by atoms with Gasteiger partial charge in [0.15, 0.2) is 5.96 Å². The van der Waals surface area contributed by atoms with Gasteiger partial charge in [0, 0.05) is 12.7 Å². The SMILES string of the molecule is CCCCCCNC(N)=NCc1ncccc1C. The molecule has 1 rings (SSSR count). The minimum Gasteiger partial charge on any atom is -0.370 e. The van der Waals surface area contributed by atoms with Gasteiger partial charge in [0.25, 0.3) is 0 Å². The Morgan fingerprint density at radius 3 is 2.94 bits per heavy atom. The van der Waals surface area contributed by atoms with Crippen molar-refractivity contribution < 1.29 is 0 Å². The Bertz CT molecular complexity index is 374. The molecular weight excluding hydrogens is 224 g/mol. The quantitative estimate of drug-likeness (QED) is 0.442. The zero-order chi connectivity index (χ0) is 13.2. The molecule has 1 aromatic rings. The van der Waals surface area contributed by atoms with Gasteiger partial charge in [-0.3, -0.25) is 4.98 Å². The van der Waals surface area contributed by atoms with Gasteiger partial charge in [-0.15, -0.1) is 0 Å². The van der Waals surface area contributed by atoms with Crippen LogP contribution in [-0.4, -0.2) is 17.5 Å². The molecule has 0 saturated carbocycles. The number of hydrogen-bond acceptors (Lipinski definition) is 2. The van der Waals surface area contributed by atoms with Crippen molar-refractivity contribution in [3.63, 3.8) is 0 Å². The molecule has 0 amide bonds. The predicted octanol–water partition coefficient (Wildman–Crippen LogP) is 2.37. The number of nitrogens with one attached hydrogen (secondary N) is 1. The van der Waals surface area contributed by atoms with Crippen LogP contribution in [0.2, 0.25) is 0 Å². The first-order valence-corrected chi connectivity index (χ1v) is 6.68. The summed E-state index contributed by atoms with van der Waals surface area (Å²) in [4.78, 5) is 8.57. The molecule has 1 aromatic heterocycles. The normalized spacial score (nSPS) is 11.6. The molecule has 0 saturated heterocycles. The smallest absolute Gasteiger partial charge is 0.188 e. The van der Waals surface area contributed by atoms with Crippen molar-refractivity contribution >= 4 is 5.96 Å². The summed E-state index contributed by atoms with van der Waals surface area (Å²) in [6.07, 6.45) is 6.71. The fourth-order valence-electron chi connectivity index (χ4n) is 1.67. The van der Waals surface area contributed by atoms with Crippen LogP contribution in [-0.2, 0) is 6.54 Å². The zero-order valence-electron chi connectivity index (χ0n) is 11.4. The van der Waals surface area contributed by atoms with E-state index in [0.717, 1.165) is 24.2 Å². The molecule has 0 bridgehead atoms. The molecule has 3 N–H and O–H groups in total. The summed E-state index contributed by atoms with van der Waals surface area (Å²) >= 11 is 0. The van der Waals surface area contributed by atoms with Gasteiger partial charge in [0.05, 0.1) is 12.2 Å². The average Bonchev–Trinajstić information content (AvgIpc) is 2.37.